The number of nitrogens with zero attached hydrogens (tertiary/aromatic N) is 26. The Morgan fingerprint density at radius 2 is 0.699 bits per heavy atom. The van der Waals surface area contributed by atoms with Gasteiger partial charge in [0.25, 0.3) is 6.43 Å². The number of benzene rings is 5. The van der Waals surface area contributed by atoms with E-state index in [4.69, 9.17) is 4.42 Å². The van der Waals surface area contributed by atoms with E-state index in [9.17, 15) is 94.2 Å². The summed E-state index contributed by atoms with van der Waals surface area (Å²) < 4.78 is 218. The minimum absolute atomic E-state index is 0.0226. The number of thiophene rings is 3. The Hall–Kier alpha value is -15.4. The SMILES string of the molecule is Cc1ccc(Cn2cnc(N3CCN(c4ccc(F)cc4)CC3)nc2=O)s1.O=c1nc(N2CC=C(c3ccc(F)cc3)CC2)ncn1Cc1ccc(C(F)(F)F)o1.O=c1nc(N2CCN(c3ccc(F)cc3)CC2)ncn1Cc1ccc(C(F)F)s1.O=c1nc(N2CCN(c3ccc(F)cc3)CC2)ncn1Cc1ccc(F)s1.O=c1nc(N2CCN(c3ccc(F)cc3)CC2)ncn1Cn1ccc(C(F)(F)C(F)(F)F)n1. The fraction of sp³-hybridized carbons (Fsp3) is 0.305. The molecule has 0 atom stereocenters. The lowest BCUT2D eigenvalue weighted by Gasteiger charge is -2.36. The second-order valence-corrected chi connectivity index (χ2v) is 37.1. The third-order valence-electron chi connectivity index (χ3n) is 23.7. The van der Waals surface area contributed by atoms with Gasteiger partial charge in [-0.25, -0.2) is 79.6 Å². The summed E-state index contributed by atoms with van der Waals surface area (Å²) >= 11 is 3.64. The van der Waals surface area contributed by atoms with E-state index in [1.807, 2.05) is 49.6 Å². The van der Waals surface area contributed by atoms with E-state index in [1.54, 1.807) is 95.4 Å². The molecule has 5 aliphatic heterocycles. The van der Waals surface area contributed by atoms with Gasteiger partial charge in [-0.3, -0.25) is 27.5 Å². The Labute approximate surface area is 831 Å². The molecule has 0 bridgehead atoms. The van der Waals surface area contributed by atoms with Crippen molar-refractivity contribution in [3.05, 3.63) is 354 Å². The molecule has 5 aliphatic rings. The van der Waals surface area contributed by atoms with Crippen molar-refractivity contribution in [3.8, 4) is 0 Å². The molecule has 4 saturated heterocycles. The first kappa shape index (κ1) is 103. The molecule has 0 amide bonds. The van der Waals surface area contributed by atoms with Crippen molar-refractivity contribution in [2.24, 2.45) is 0 Å². The molecular formula is C95H88F16N26O6S3. The molecule has 4 fully saturated rings. The smallest absolute Gasteiger partial charge is 0.455 e. The van der Waals surface area contributed by atoms with E-state index in [1.165, 1.54) is 110 Å². The van der Waals surface area contributed by atoms with Crippen molar-refractivity contribution in [2.45, 2.75) is 70.9 Å². The zero-order chi connectivity index (χ0) is 103. The molecule has 32 nitrogen and oxygen atoms in total. The van der Waals surface area contributed by atoms with Gasteiger partial charge in [0, 0.05) is 166 Å². The summed E-state index contributed by atoms with van der Waals surface area (Å²) in [5.41, 5.74) is 1.74. The van der Waals surface area contributed by atoms with Crippen molar-refractivity contribution in [3.63, 3.8) is 0 Å². The molecular weight excluding hydrogens is 2000 g/mol. The number of anilines is 9. The van der Waals surface area contributed by atoms with Crippen molar-refractivity contribution >= 4 is 92.1 Å². The van der Waals surface area contributed by atoms with Crippen LogP contribution in [0.3, 0.4) is 0 Å². The van der Waals surface area contributed by atoms with Gasteiger partial charge in [0.2, 0.25) is 35.5 Å². The van der Waals surface area contributed by atoms with Crippen LogP contribution in [0.5, 0.6) is 0 Å². The van der Waals surface area contributed by atoms with Crippen LogP contribution < -0.4 is 72.5 Å². The normalized spacial score (nSPS) is 14.8. The number of halogens is 16. The Kier molecular flexibility index (Phi) is 32.6. The van der Waals surface area contributed by atoms with Gasteiger partial charge in [0.15, 0.2) is 5.13 Å². The summed E-state index contributed by atoms with van der Waals surface area (Å²) in [7, 11) is 0. The molecule has 0 saturated carbocycles. The zero-order valence-corrected chi connectivity index (χ0v) is 79.6. The lowest BCUT2D eigenvalue weighted by molar-refractivity contribution is -0.291. The Bertz CT molecular complexity index is 7110. The van der Waals surface area contributed by atoms with Crippen LogP contribution in [-0.2, 0) is 44.9 Å². The molecule has 15 heterocycles. The van der Waals surface area contributed by atoms with E-state index < -0.39 is 65.6 Å². The number of aryl methyl sites for hydroxylation is 1. The second-order valence-electron chi connectivity index (χ2n) is 33.5. The quantitative estimate of drug-likeness (QED) is 0.0569. The first-order valence-electron chi connectivity index (χ1n) is 45.2. The van der Waals surface area contributed by atoms with Crippen LogP contribution >= 0.6 is 34.0 Å². The van der Waals surface area contributed by atoms with Gasteiger partial charge < -0.3 is 48.5 Å². The average molecular weight is 2090 g/mol. The molecule has 0 spiro atoms. The van der Waals surface area contributed by atoms with Gasteiger partial charge in [-0.1, -0.05) is 18.2 Å². The van der Waals surface area contributed by atoms with Gasteiger partial charge >= 0.3 is 46.7 Å². The molecule has 0 radical (unpaired) electrons. The maximum Gasteiger partial charge on any atom is 0.459 e. The molecule has 20 rings (SSSR count). The molecule has 15 aromatic rings. The van der Waals surface area contributed by atoms with Crippen molar-refractivity contribution in [1.29, 1.82) is 0 Å². The number of piperazine rings is 4. The lowest BCUT2D eigenvalue weighted by Crippen LogP contribution is -2.47. The largest absolute Gasteiger partial charge is 0.459 e. The predicted octanol–water partition coefficient (Wildman–Crippen LogP) is 14.2. The standard InChI is InChI=1S/C20H16F4N4O2.C19H17F6N7O.C19H18F3N5OS.C19H20FN5OS.C18H17F2N5OS/c21-15-3-1-13(2-4-15)14-7-9-27(10-8-14)18-25-12-28(19(29)26-18)11-16-5-6-17(30-16)20(22,23)24;20-13-1-3-14(4-2-13)29-7-9-30(10-8-29)16-26-11-31(17(33)27-16)12-32-6-5-15(28-32)18(21,22)19(23,24)25;20-13-1-3-14(4-2-13)25-7-9-26(10-8-25)18-23-12-27(19(28)24-18)11-15-5-6-16(29-15)17(21)22;1-14-2-7-17(27-14)12-25-13-21-18(22-19(25)26)24-10-8-23(9-11-24)16-5-3-15(20)4-6-16;19-13-1-3-14(4-2-13)23-7-9-24(10-8-23)17-21-12-25(18(26)22-17)11-15-5-6-16(20)27-15/h1-7,12H,8-11H2;1-6,11H,7-10,12H2;1-6,12,17H,7-11H2;2-7,13H,8-12H2,1H3;1-6,12H,7-11H2. The molecule has 10 aromatic heterocycles. The highest BCUT2D eigenvalue weighted by Gasteiger charge is 2.60. The molecule has 51 heteroatoms. The summed E-state index contributed by atoms with van der Waals surface area (Å²) in [6, 6.07) is 44.2. The molecule has 0 N–H and O–H groups in total. The Balaban J connectivity index is 0.000000131. The van der Waals surface area contributed by atoms with Crippen LogP contribution in [0.2, 0.25) is 0 Å². The highest BCUT2D eigenvalue weighted by Crippen LogP contribution is 2.43. The maximum atomic E-state index is 13.4. The van der Waals surface area contributed by atoms with Gasteiger partial charge in [-0.2, -0.15) is 69.5 Å². The van der Waals surface area contributed by atoms with Gasteiger partial charge in [0.1, 0.15) is 78.8 Å². The van der Waals surface area contributed by atoms with Crippen LogP contribution in [-0.4, -0.2) is 206 Å². The van der Waals surface area contributed by atoms with Crippen molar-refractivity contribution in [2.75, 3.05) is 162 Å². The van der Waals surface area contributed by atoms with Crippen LogP contribution in [0.25, 0.3) is 5.57 Å². The van der Waals surface area contributed by atoms with Crippen LogP contribution in [0, 0.1) is 41.1 Å². The third kappa shape index (κ3) is 26.8. The van der Waals surface area contributed by atoms with E-state index in [0.29, 0.717) is 133 Å². The number of alkyl halides is 10. The second kappa shape index (κ2) is 46.1. The van der Waals surface area contributed by atoms with Crippen LogP contribution in [0.1, 0.15) is 60.0 Å². The molecule has 0 aliphatic carbocycles. The van der Waals surface area contributed by atoms with Crippen molar-refractivity contribution < 1.29 is 74.7 Å². The number of rotatable bonds is 22. The summed E-state index contributed by atoms with van der Waals surface area (Å²) in [5.74, 6) is -6.02. The number of aromatic nitrogens is 17. The zero-order valence-electron chi connectivity index (χ0n) is 77.2. The summed E-state index contributed by atoms with van der Waals surface area (Å²) in [5, 5.41) is 2.95. The van der Waals surface area contributed by atoms with Gasteiger partial charge in [-0.15, -0.1) is 34.0 Å². The first-order valence-corrected chi connectivity index (χ1v) is 47.6. The third-order valence-corrected chi connectivity index (χ3v) is 26.6. The first-order chi connectivity index (χ1) is 70.0. The van der Waals surface area contributed by atoms with E-state index in [0.717, 1.165) is 131 Å². The fourth-order valence-electron chi connectivity index (χ4n) is 15.9. The highest BCUT2D eigenvalue weighted by molar-refractivity contribution is 7.12. The van der Waals surface area contributed by atoms with Gasteiger partial charge in [-0.05, 0) is 188 Å². The summed E-state index contributed by atoms with van der Waals surface area (Å²) in [4.78, 5) is 125. The Morgan fingerprint density at radius 1 is 0.356 bits per heavy atom. The van der Waals surface area contributed by atoms with Crippen LogP contribution in [0.15, 0.2) is 248 Å². The molecule has 764 valence electrons. The number of hydrogen-bond acceptors (Lipinski definition) is 29. The fourth-order valence-corrected chi connectivity index (χ4v) is 18.4. The number of furan rings is 1. The molecule has 0 unspecified atom stereocenters. The van der Waals surface area contributed by atoms with E-state index in [-0.39, 0.29) is 82.1 Å². The van der Waals surface area contributed by atoms with E-state index >= 15 is 0 Å². The maximum absolute atomic E-state index is 13.4. The molecule has 5 aromatic carbocycles. The van der Waals surface area contributed by atoms with Crippen LogP contribution in [0.4, 0.5) is 123 Å². The number of hydrogen-bond donors (Lipinski definition) is 0. The summed E-state index contributed by atoms with van der Waals surface area (Å²) in [6.07, 6.45) is -2.55. The Morgan fingerprint density at radius 3 is 1.02 bits per heavy atom. The lowest BCUT2D eigenvalue weighted by atomic mass is 10.00. The minimum Gasteiger partial charge on any atom is -0.455 e. The average Bonchev–Trinajstić information content (AvgIpc) is 1.64. The monoisotopic (exact) mass is 2090 g/mol. The van der Waals surface area contributed by atoms with Crippen molar-refractivity contribution in [1.82, 2.24) is 82.5 Å². The minimum atomic E-state index is -5.78. The van der Waals surface area contributed by atoms with Gasteiger partial charge in [0.05, 0.1) is 31.1 Å². The molecule has 146 heavy (non-hydrogen) atoms. The highest BCUT2D eigenvalue weighted by atomic mass is 32.1. The topological polar surface area (TPSA) is 299 Å². The summed E-state index contributed by atoms with van der Waals surface area (Å²) in [6.45, 7) is 13.9. The van der Waals surface area contributed by atoms with E-state index in [2.05, 4.69) is 69.6 Å². The predicted molar refractivity (Wildman–Crippen MR) is 516 cm³/mol.